The Labute approximate surface area is 151 Å². The van der Waals surface area contributed by atoms with Crippen molar-refractivity contribution in [3.8, 4) is 0 Å². The molecule has 0 spiro atoms. The molecule has 0 saturated carbocycles. The van der Waals surface area contributed by atoms with Crippen LogP contribution in [0.25, 0.3) is 10.9 Å². The number of fused-ring (bicyclic) bond motifs is 5. The summed E-state index contributed by atoms with van der Waals surface area (Å²) in [5.41, 5.74) is 2.47. The van der Waals surface area contributed by atoms with Crippen LogP contribution in [-0.2, 0) is 13.5 Å². The number of aryl methyl sites for hydroxylation is 1. The predicted octanol–water partition coefficient (Wildman–Crippen LogP) is 3.95. The molecule has 2 atom stereocenters. The first-order valence-corrected chi connectivity index (χ1v) is 9.19. The van der Waals surface area contributed by atoms with E-state index in [4.69, 9.17) is 12.2 Å². The molecule has 2 aliphatic rings. The molecule has 0 radical (unpaired) electrons. The Balaban J connectivity index is 2.06. The van der Waals surface area contributed by atoms with E-state index in [-0.39, 0.29) is 5.56 Å². The normalized spacial score (nSPS) is 23.7. The van der Waals surface area contributed by atoms with E-state index in [0.717, 1.165) is 37.2 Å². The second kappa shape index (κ2) is 5.74. The van der Waals surface area contributed by atoms with Crippen molar-refractivity contribution in [2.45, 2.75) is 38.8 Å². The number of rotatable bonds is 0. The molecular formula is C19H23F2N3S. The molecule has 3 nitrogen and oxygen atoms in total. The summed E-state index contributed by atoms with van der Waals surface area (Å²) in [6.45, 7) is 5.48. The first-order valence-electron chi connectivity index (χ1n) is 8.78. The lowest BCUT2D eigenvalue weighted by Crippen LogP contribution is -2.57. The standard InChI is InChI=1S/C19H23F2N3S/c1-10-8-24-12(9-22(10)3)5-6-13-17(24)14-7-15(20)11(2)16(21)18(14)23(4)19(13)25/h7,10,12H,5-6,8-9H2,1-4H3. The Kier molecular flexibility index (Phi) is 3.88. The lowest BCUT2D eigenvalue weighted by Gasteiger charge is -2.48. The van der Waals surface area contributed by atoms with Gasteiger partial charge in [0.1, 0.15) is 10.5 Å². The lowest BCUT2D eigenvalue weighted by molar-refractivity contribution is 0.192. The third kappa shape index (κ3) is 2.34. The Hall–Kier alpha value is -1.53. The molecule has 1 fully saturated rings. The van der Waals surface area contributed by atoms with Crippen LogP contribution >= 0.6 is 12.2 Å². The largest absolute Gasteiger partial charge is 0.365 e. The average molecular weight is 363 g/mol. The van der Waals surface area contributed by atoms with Gasteiger partial charge in [0.15, 0.2) is 5.82 Å². The molecule has 4 rings (SSSR count). The number of likely N-dealkylation sites (N-methyl/N-ethyl adjacent to an activating group) is 1. The minimum Gasteiger partial charge on any atom is -0.365 e. The summed E-state index contributed by atoms with van der Waals surface area (Å²) >= 11 is 5.66. The van der Waals surface area contributed by atoms with Crippen molar-refractivity contribution in [3.63, 3.8) is 0 Å². The molecule has 1 aromatic heterocycles. The van der Waals surface area contributed by atoms with Crippen LogP contribution < -0.4 is 4.90 Å². The summed E-state index contributed by atoms with van der Waals surface area (Å²) in [5.74, 6) is -0.996. The first-order chi connectivity index (χ1) is 11.8. The topological polar surface area (TPSA) is 11.4 Å². The van der Waals surface area contributed by atoms with E-state index in [1.54, 1.807) is 11.6 Å². The monoisotopic (exact) mass is 363 g/mol. The van der Waals surface area contributed by atoms with Crippen molar-refractivity contribution >= 4 is 28.8 Å². The average Bonchev–Trinajstić information content (AvgIpc) is 2.57. The number of hydrogen-bond acceptors (Lipinski definition) is 3. The second-order valence-corrected chi connectivity index (χ2v) is 7.91. The molecular weight excluding hydrogens is 340 g/mol. The lowest BCUT2D eigenvalue weighted by atomic mass is 9.91. The third-order valence-electron chi connectivity index (χ3n) is 6.03. The number of nitrogens with zero attached hydrogens (tertiary/aromatic N) is 3. The number of anilines is 1. The van der Waals surface area contributed by atoms with Gasteiger partial charge in [-0.05, 0) is 39.8 Å². The molecule has 0 N–H and O–H groups in total. The van der Waals surface area contributed by atoms with E-state index >= 15 is 0 Å². The fourth-order valence-corrected chi connectivity index (χ4v) is 4.64. The van der Waals surface area contributed by atoms with E-state index in [2.05, 4.69) is 23.8 Å². The molecule has 1 aromatic carbocycles. The quantitative estimate of drug-likeness (QED) is 0.657. The zero-order chi connectivity index (χ0) is 18.0. The Bertz CT molecular complexity index is 937. The van der Waals surface area contributed by atoms with Crippen LogP contribution in [0.15, 0.2) is 6.07 Å². The van der Waals surface area contributed by atoms with Gasteiger partial charge in [-0.1, -0.05) is 12.2 Å². The maximum atomic E-state index is 14.9. The van der Waals surface area contributed by atoms with Gasteiger partial charge >= 0.3 is 0 Å². The van der Waals surface area contributed by atoms with Crippen LogP contribution in [0.5, 0.6) is 0 Å². The molecule has 2 aliphatic heterocycles. The number of benzene rings is 1. The highest BCUT2D eigenvalue weighted by molar-refractivity contribution is 7.71. The zero-order valence-corrected chi connectivity index (χ0v) is 15.9. The van der Waals surface area contributed by atoms with Gasteiger partial charge in [0.2, 0.25) is 0 Å². The Morgan fingerprint density at radius 3 is 2.64 bits per heavy atom. The van der Waals surface area contributed by atoms with Crippen molar-refractivity contribution in [2.75, 3.05) is 25.0 Å². The van der Waals surface area contributed by atoms with Crippen molar-refractivity contribution in [1.82, 2.24) is 9.47 Å². The minimum absolute atomic E-state index is 0.0524. The van der Waals surface area contributed by atoms with Crippen LogP contribution in [0, 0.1) is 23.2 Å². The number of hydrogen-bond donors (Lipinski definition) is 0. The highest BCUT2D eigenvalue weighted by Crippen LogP contribution is 2.41. The van der Waals surface area contributed by atoms with Crippen LogP contribution in [0.3, 0.4) is 0 Å². The van der Waals surface area contributed by atoms with E-state index in [9.17, 15) is 8.78 Å². The SMILES string of the molecule is Cc1c(F)cc2c3c(c(=S)n(C)c2c1F)CCC1CN(C)C(C)CN31. The van der Waals surface area contributed by atoms with Crippen LogP contribution in [0.2, 0.25) is 0 Å². The van der Waals surface area contributed by atoms with Crippen molar-refractivity contribution in [3.05, 3.63) is 33.5 Å². The van der Waals surface area contributed by atoms with Gasteiger partial charge in [0.05, 0.1) is 11.2 Å². The highest BCUT2D eigenvalue weighted by atomic mass is 32.1. The summed E-state index contributed by atoms with van der Waals surface area (Å²) in [6.07, 6.45) is 1.88. The van der Waals surface area contributed by atoms with Crippen LogP contribution in [-0.4, -0.2) is 41.7 Å². The molecule has 2 unspecified atom stereocenters. The number of aromatic nitrogens is 1. The Morgan fingerprint density at radius 2 is 1.92 bits per heavy atom. The molecule has 2 aromatic rings. The molecule has 25 heavy (non-hydrogen) atoms. The summed E-state index contributed by atoms with van der Waals surface area (Å²) in [4.78, 5) is 4.70. The molecule has 0 amide bonds. The van der Waals surface area contributed by atoms with Gasteiger partial charge in [-0.15, -0.1) is 0 Å². The fraction of sp³-hybridized carbons (Fsp3) is 0.526. The molecule has 134 valence electrons. The summed E-state index contributed by atoms with van der Waals surface area (Å²) in [5, 5.41) is 0.646. The summed E-state index contributed by atoms with van der Waals surface area (Å²) in [6, 6.07) is 2.25. The minimum atomic E-state index is -0.504. The summed E-state index contributed by atoms with van der Waals surface area (Å²) < 4.78 is 31.6. The van der Waals surface area contributed by atoms with Crippen molar-refractivity contribution < 1.29 is 8.78 Å². The fourth-order valence-electron chi connectivity index (χ4n) is 4.35. The molecule has 0 bridgehead atoms. The molecule has 3 heterocycles. The van der Waals surface area contributed by atoms with Crippen LogP contribution in [0.1, 0.15) is 24.5 Å². The van der Waals surface area contributed by atoms with Gasteiger partial charge in [0, 0.05) is 48.7 Å². The Morgan fingerprint density at radius 1 is 1.20 bits per heavy atom. The zero-order valence-electron chi connectivity index (χ0n) is 15.1. The van der Waals surface area contributed by atoms with E-state index < -0.39 is 11.6 Å². The van der Waals surface area contributed by atoms with Gasteiger partial charge in [0.25, 0.3) is 0 Å². The smallest absolute Gasteiger partial charge is 0.153 e. The predicted molar refractivity (Wildman–Crippen MR) is 100.0 cm³/mol. The third-order valence-corrected chi connectivity index (χ3v) is 6.55. The number of pyridine rings is 1. The molecule has 6 heteroatoms. The number of piperazine rings is 1. The van der Waals surface area contributed by atoms with Gasteiger partial charge in [-0.25, -0.2) is 8.78 Å². The molecule has 0 aliphatic carbocycles. The summed E-state index contributed by atoms with van der Waals surface area (Å²) in [7, 11) is 3.92. The van der Waals surface area contributed by atoms with Crippen molar-refractivity contribution in [2.24, 2.45) is 7.05 Å². The van der Waals surface area contributed by atoms with Gasteiger partial charge < -0.3 is 9.47 Å². The van der Waals surface area contributed by atoms with Gasteiger partial charge in [-0.3, -0.25) is 4.90 Å². The van der Waals surface area contributed by atoms with Crippen LogP contribution in [0.4, 0.5) is 14.5 Å². The maximum Gasteiger partial charge on any atom is 0.153 e. The van der Waals surface area contributed by atoms with Crippen molar-refractivity contribution in [1.29, 1.82) is 0 Å². The van der Waals surface area contributed by atoms with E-state index in [0.29, 0.717) is 27.6 Å². The number of halogens is 2. The molecule has 1 saturated heterocycles. The first kappa shape index (κ1) is 16.9. The second-order valence-electron chi connectivity index (χ2n) is 7.52. The highest BCUT2D eigenvalue weighted by Gasteiger charge is 2.36. The van der Waals surface area contributed by atoms with Gasteiger partial charge in [-0.2, -0.15) is 0 Å². The maximum absolute atomic E-state index is 14.9. The van der Waals surface area contributed by atoms with E-state index in [1.165, 1.54) is 13.0 Å². The van der Waals surface area contributed by atoms with E-state index in [1.807, 2.05) is 0 Å².